The first kappa shape index (κ1) is 14.4. The van der Waals surface area contributed by atoms with E-state index in [4.69, 9.17) is 5.11 Å². The molecule has 0 saturated heterocycles. The Bertz CT molecular complexity index is 656. The molecule has 1 aromatic heterocycles. The molecular formula is C14H13N3O4. The second-order valence-electron chi connectivity index (χ2n) is 4.15. The minimum Gasteiger partial charge on any atom is -0.478 e. The maximum atomic E-state index is 11.2. The van der Waals surface area contributed by atoms with Gasteiger partial charge in [0.25, 0.3) is 0 Å². The molecule has 0 bridgehead atoms. The third kappa shape index (κ3) is 3.75. The van der Waals surface area contributed by atoms with Crippen molar-refractivity contribution in [2.24, 2.45) is 0 Å². The maximum Gasteiger partial charge on any atom is 0.358 e. The highest BCUT2D eigenvalue weighted by atomic mass is 16.5. The first-order chi connectivity index (χ1) is 10.1. The van der Waals surface area contributed by atoms with E-state index in [-0.39, 0.29) is 11.3 Å². The van der Waals surface area contributed by atoms with E-state index in [2.05, 4.69) is 20.3 Å². The third-order valence-corrected chi connectivity index (χ3v) is 2.71. The number of esters is 1. The molecule has 7 heteroatoms. The Balaban J connectivity index is 2.01. The van der Waals surface area contributed by atoms with E-state index in [1.807, 2.05) is 0 Å². The van der Waals surface area contributed by atoms with Crippen molar-refractivity contribution in [1.29, 1.82) is 0 Å². The van der Waals surface area contributed by atoms with Crippen LogP contribution in [0.1, 0.15) is 26.4 Å². The highest BCUT2D eigenvalue weighted by molar-refractivity contribution is 5.88. The number of carboxylic acid groups (broad SMARTS) is 1. The van der Waals surface area contributed by atoms with E-state index >= 15 is 0 Å². The number of hydrogen-bond acceptors (Lipinski definition) is 6. The van der Waals surface area contributed by atoms with Gasteiger partial charge in [0.15, 0.2) is 5.69 Å². The minimum absolute atomic E-state index is 0.121. The molecule has 2 aromatic rings. The number of methoxy groups -OCH3 is 1. The quantitative estimate of drug-likeness (QED) is 0.805. The normalized spacial score (nSPS) is 9.95. The molecule has 21 heavy (non-hydrogen) atoms. The van der Waals surface area contributed by atoms with Crippen LogP contribution in [-0.2, 0) is 11.3 Å². The fourth-order valence-corrected chi connectivity index (χ4v) is 1.65. The zero-order valence-electron chi connectivity index (χ0n) is 11.2. The molecule has 1 heterocycles. The Morgan fingerprint density at radius 2 is 2.05 bits per heavy atom. The van der Waals surface area contributed by atoms with Gasteiger partial charge in [-0.25, -0.2) is 9.59 Å². The number of ether oxygens (including phenoxy) is 1. The van der Waals surface area contributed by atoms with Crippen LogP contribution in [0.3, 0.4) is 0 Å². The summed E-state index contributed by atoms with van der Waals surface area (Å²) >= 11 is 0. The molecule has 0 aliphatic heterocycles. The Hall–Kier alpha value is -2.96. The molecule has 0 spiro atoms. The number of carboxylic acids is 1. The molecule has 0 fully saturated rings. The van der Waals surface area contributed by atoms with Crippen molar-refractivity contribution in [2.45, 2.75) is 6.54 Å². The van der Waals surface area contributed by atoms with Gasteiger partial charge in [0.2, 0.25) is 0 Å². The fraction of sp³-hybridized carbons (Fsp3) is 0.143. The Morgan fingerprint density at radius 1 is 1.24 bits per heavy atom. The SMILES string of the molecule is COC(=O)c1ccc(NCc2cccc(C(=O)O)c2)nn1. The Morgan fingerprint density at radius 3 is 2.67 bits per heavy atom. The van der Waals surface area contributed by atoms with Gasteiger partial charge >= 0.3 is 11.9 Å². The van der Waals surface area contributed by atoms with Gasteiger partial charge in [-0.3, -0.25) is 0 Å². The van der Waals surface area contributed by atoms with Gasteiger partial charge < -0.3 is 15.2 Å². The van der Waals surface area contributed by atoms with Crippen LogP contribution in [0.15, 0.2) is 36.4 Å². The molecule has 2 N–H and O–H groups in total. The molecule has 0 atom stereocenters. The van der Waals surface area contributed by atoms with Gasteiger partial charge in [-0.1, -0.05) is 12.1 Å². The van der Waals surface area contributed by atoms with Crippen molar-refractivity contribution in [3.63, 3.8) is 0 Å². The monoisotopic (exact) mass is 287 g/mol. The number of benzene rings is 1. The molecule has 108 valence electrons. The number of hydrogen-bond donors (Lipinski definition) is 2. The van der Waals surface area contributed by atoms with Crippen LogP contribution in [0.5, 0.6) is 0 Å². The zero-order valence-corrected chi connectivity index (χ0v) is 11.2. The maximum absolute atomic E-state index is 11.2. The van der Waals surface area contributed by atoms with Crippen molar-refractivity contribution in [2.75, 3.05) is 12.4 Å². The smallest absolute Gasteiger partial charge is 0.358 e. The average Bonchev–Trinajstić information content (AvgIpc) is 2.53. The minimum atomic E-state index is -0.973. The van der Waals surface area contributed by atoms with Gasteiger partial charge in [0, 0.05) is 6.54 Å². The van der Waals surface area contributed by atoms with Crippen LogP contribution in [0.4, 0.5) is 5.82 Å². The number of anilines is 1. The predicted octanol–water partition coefficient (Wildman–Crippen LogP) is 1.57. The number of nitrogens with zero attached hydrogens (tertiary/aromatic N) is 2. The van der Waals surface area contributed by atoms with Crippen molar-refractivity contribution >= 4 is 17.8 Å². The molecule has 0 saturated carbocycles. The molecule has 0 aliphatic carbocycles. The van der Waals surface area contributed by atoms with Gasteiger partial charge in [-0.15, -0.1) is 10.2 Å². The molecule has 0 aliphatic rings. The van der Waals surface area contributed by atoms with E-state index in [0.29, 0.717) is 12.4 Å². The average molecular weight is 287 g/mol. The summed E-state index contributed by atoms with van der Waals surface area (Å²) in [5.41, 5.74) is 1.14. The standard InChI is InChI=1S/C14H13N3O4/c1-21-14(20)11-5-6-12(17-16-11)15-8-9-3-2-4-10(7-9)13(18)19/h2-7H,8H2,1H3,(H,15,17)(H,18,19). The Labute approximate surface area is 120 Å². The summed E-state index contributed by atoms with van der Waals surface area (Å²) in [6.07, 6.45) is 0. The van der Waals surface area contributed by atoms with E-state index in [1.165, 1.54) is 19.2 Å². The lowest BCUT2D eigenvalue weighted by atomic mass is 10.1. The molecule has 7 nitrogen and oxygen atoms in total. The predicted molar refractivity (Wildman–Crippen MR) is 74.1 cm³/mol. The number of carbonyl (C=O) groups excluding carboxylic acids is 1. The van der Waals surface area contributed by atoms with Crippen LogP contribution in [-0.4, -0.2) is 34.4 Å². The van der Waals surface area contributed by atoms with Crippen molar-refractivity contribution in [3.05, 3.63) is 53.2 Å². The first-order valence-corrected chi connectivity index (χ1v) is 6.08. The largest absolute Gasteiger partial charge is 0.478 e. The number of carbonyl (C=O) groups is 2. The Kier molecular flexibility index (Phi) is 4.45. The van der Waals surface area contributed by atoms with Crippen LogP contribution < -0.4 is 5.32 Å². The van der Waals surface area contributed by atoms with E-state index in [0.717, 1.165) is 5.56 Å². The van der Waals surface area contributed by atoms with Crippen LogP contribution in [0.2, 0.25) is 0 Å². The van der Waals surface area contributed by atoms with Crippen LogP contribution >= 0.6 is 0 Å². The molecular weight excluding hydrogens is 274 g/mol. The van der Waals surface area contributed by atoms with Gasteiger partial charge in [0.1, 0.15) is 5.82 Å². The topological polar surface area (TPSA) is 101 Å². The summed E-state index contributed by atoms with van der Waals surface area (Å²) < 4.78 is 4.52. The van der Waals surface area contributed by atoms with Crippen LogP contribution in [0.25, 0.3) is 0 Å². The molecule has 2 rings (SSSR count). The summed E-state index contributed by atoms with van der Waals surface area (Å²) in [5.74, 6) is -1.05. The fourth-order valence-electron chi connectivity index (χ4n) is 1.65. The molecule has 0 amide bonds. The lowest BCUT2D eigenvalue weighted by Crippen LogP contribution is -2.08. The lowest BCUT2D eigenvalue weighted by molar-refractivity contribution is 0.0592. The van der Waals surface area contributed by atoms with Gasteiger partial charge in [-0.2, -0.15) is 0 Å². The second kappa shape index (κ2) is 6.47. The number of rotatable bonds is 5. The molecule has 0 radical (unpaired) electrons. The summed E-state index contributed by atoms with van der Waals surface area (Å²) in [6, 6.07) is 9.67. The second-order valence-corrected chi connectivity index (χ2v) is 4.15. The van der Waals surface area contributed by atoms with Crippen molar-refractivity contribution in [3.8, 4) is 0 Å². The van der Waals surface area contributed by atoms with Crippen molar-refractivity contribution < 1.29 is 19.4 Å². The van der Waals surface area contributed by atoms with Gasteiger partial charge in [0.05, 0.1) is 12.7 Å². The highest BCUT2D eigenvalue weighted by Gasteiger charge is 2.07. The lowest BCUT2D eigenvalue weighted by Gasteiger charge is -2.06. The summed E-state index contributed by atoms with van der Waals surface area (Å²) in [7, 11) is 1.27. The first-order valence-electron chi connectivity index (χ1n) is 6.08. The summed E-state index contributed by atoms with van der Waals surface area (Å²) in [5, 5.41) is 19.5. The summed E-state index contributed by atoms with van der Waals surface area (Å²) in [6.45, 7) is 0.396. The van der Waals surface area contributed by atoms with E-state index in [9.17, 15) is 9.59 Å². The number of aromatic carboxylic acids is 1. The number of aromatic nitrogens is 2. The van der Waals surface area contributed by atoms with Crippen LogP contribution in [0, 0.1) is 0 Å². The number of nitrogens with one attached hydrogen (secondary N) is 1. The third-order valence-electron chi connectivity index (χ3n) is 2.71. The highest BCUT2D eigenvalue weighted by Crippen LogP contribution is 2.09. The van der Waals surface area contributed by atoms with E-state index < -0.39 is 11.9 Å². The molecule has 0 unspecified atom stereocenters. The van der Waals surface area contributed by atoms with Crippen molar-refractivity contribution in [1.82, 2.24) is 10.2 Å². The summed E-state index contributed by atoms with van der Waals surface area (Å²) in [4.78, 5) is 22.1. The zero-order chi connectivity index (χ0) is 15.2. The van der Waals surface area contributed by atoms with E-state index in [1.54, 1.807) is 24.3 Å². The van der Waals surface area contributed by atoms with Gasteiger partial charge in [-0.05, 0) is 29.8 Å². The molecule has 1 aromatic carbocycles.